The van der Waals surface area contributed by atoms with Gasteiger partial charge in [0.15, 0.2) is 0 Å². The Labute approximate surface area is 112 Å². The molecule has 3 heteroatoms. The van der Waals surface area contributed by atoms with Crippen molar-refractivity contribution < 1.29 is 9.84 Å². The zero-order valence-corrected chi connectivity index (χ0v) is 12.5. The van der Waals surface area contributed by atoms with Crippen LogP contribution in [0.25, 0.3) is 0 Å². The molecule has 2 N–H and O–H groups in total. The summed E-state index contributed by atoms with van der Waals surface area (Å²) in [5.74, 6) is 0.699. The number of aliphatic hydroxyl groups is 1. The number of ether oxygens (including phenoxy) is 1. The first kappa shape index (κ1) is 15.9. The Morgan fingerprint density at radius 3 is 2.61 bits per heavy atom. The van der Waals surface area contributed by atoms with Gasteiger partial charge in [0, 0.05) is 18.2 Å². The number of nitrogens with one attached hydrogen (secondary N) is 1. The van der Waals surface area contributed by atoms with Gasteiger partial charge in [-0.2, -0.15) is 0 Å². The van der Waals surface area contributed by atoms with Crippen molar-refractivity contribution >= 4 is 0 Å². The first-order valence-corrected chi connectivity index (χ1v) is 7.47. The number of rotatable bonds is 7. The smallest absolute Gasteiger partial charge is 0.0614 e. The van der Waals surface area contributed by atoms with E-state index in [1.807, 2.05) is 0 Å². The molecule has 0 aromatic heterocycles. The van der Waals surface area contributed by atoms with Crippen molar-refractivity contribution in [3.8, 4) is 0 Å². The van der Waals surface area contributed by atoms with E-state index in [-0.39, 0.29) is 12.1 Å². The number of hydrogen-bond donors (Lipinski definition) is 2. The molecule has 1 saturated carbocycles. The molecule has 0 amide bonds. The molecule has 0 spiro atoms. The Bertz CT molecular complexity index is 231. The van der Waals surface area contributed by atoms with Crippen molar-refractivity contribution in [2.75, 3.05) is 13.2 Å². The van der Waals surface area contributed by atoms with E-state index in [2.05, 4.69) is 33.0 Å². The third kappa shape index (κ3) is 5.25. The first-order chi connectivity index (χ1) is 8.47. The Kier molecular flexibility index (Phi) is 6.61. The molecule has 0 saturated heterocycles. The van der Waals surface area contributed by atoms with Gasteiger partial charge in [0.2, 0.25) is 0 Å². The molecule has 3 nitrogen and oxygen atoms in total. The molecule has 0 bridgehead atoms. The maximum Gasteiger partial charge on any atom is 0.0614 e. The molecule has 18 heavy (non-hydrogen) atoms. The van der Waals surface area contributed by atoms with Crippen LogP contribution in [0.15, 0.2) is 0 Å². The van der Waals surface area contributed by atoms with E-state index in [0.717, 1.165) is 38.7 Å². The van der Waals surface area contributed by atoms with Crippen LogP contribution in [0.4, 0.5) is 0 Å². The molecule has 1 aliphatic carbocycles. The molecule has 1 fully saturated rings. The normalized spacial score (nSPS) is 29.2. The molecule has 1 rings (SSSR count). The predicted molar refractivity (Wildman–Crippen MR) is 75.8 cm³/mol. The van der Waals surface area contributed by atoms with E-state index in [9.17, 15) is 5.11 Å². The molecule has 0 aromatic rings. The van der Waals surface area contributed by atoms with Crippen LogP contribution < -0.4 is 5.32 Å². The summed E-state index contributed by atoms with van der Waals surface area (Å²) in [6, 6.07) is 0.409. The highest BCUT2D eigenvalue weighted by molar-refractivity contribution is 4.94. The minimum atomic E-state index is -0.116. The van der Waals surface area contributed by atoms with Crippen molar-refractivity contribution in [3.05, 3.63) is 0 Å². The average Bonchev–Trinajstić information content (AvgIpc) is 2.28. The lowest BCUT2D eigenvalue weighted by Gasteiger charge is -2.41. The third-order valence-electron chi connectivity index (χ3n) is 3.75. The summed E-state index contributed by atoms with van der Waals surface area (Å²) in [4.78, 5) is 0. The van der Waals surface area contributed by atoms with Crippen LogP contribution in [0.3, 0.4) is 0 Å². The van der Waals surface area contributed by atoms with Crippen molar-refractivity contribution in [2.45, 2.75) is 77.5 Å². The van der Waals surface area contributed by atoms with Crippen LogP contribution in [0.5, 0.6) is 0 Å². The zero-order valence-electron chi connectivity index (χ0n) is 12.5. The maximum absolute atomic E-state index is 9.70. The fraction of sp³-hybridized carbons (Fsp3) is 1.00. The van der Waals surface area contributed by atoms with Gasteiger partial charge in [-0.15, -0.1) is 0 Å². The second-order valence-electron chi connectivity index (χ2n) is 6.51. The van der Waals surface area contributed by atoms with Crippen molar-refractivity contribution in [2.24, 2.45) is 5.92 Å². The van der Waals surface area contributed by atoms with Gasteiger partial charge in [0.1, 0.15) is 0 Å². The quantitative estimate of drug-likeness (QED) is 0.737. The lowest BCUT2D eigenvalue weighted by Crippen LogP contribution is -2.55. The zero-order chi connectivity index (χ0) is 13.6. The Hall–Kier alpha value is -0.120. The highest BCUT2D eigenvalue weighted by Crippen LogP contribution is 2.30. The van der Waals surface area contributed by atoms with E-state index < -0.39 is 0 Å². The summed E-state index contributed by atoms with van der Waals surface area (Å²) in [5, 5.41) is 13.2. The van der Waals surface area contributed by atoms with Crippen LogP contribution in [-0.4, -0.2) is 36.0 Å². The summed E-state index contributed by atoms with van der Waals surface area (Å²) < 4.78 is 5.98. The van der Waals surface area contributed by atoms with Crippen LogP contribution in [-0.2, 0) is 4.74 Å². The van der Waals surface area contributed by atoms with Gasteiger partial charge in [0.05, 0.1) is 12.7 Å². The Morgan fingerprint density at radius 1 is 1.33 bits per heavy atom. The average molecular weight is 257 g/mol. The molecular weight excluding hydrogens is 226 g/mol. The van der Waals surface area contributed by atoms with Crippen LogP contribution in [0.2, 0.25) is 0 Å². The van der Waals surface area contributed by atoms with Gasteiger partial charge in [-0.1, -0.05) is 27.7 Å². The van der Waals surface area contributed by atoms with Gasteiger partial charge in [0.25, 0.3) is 0 Å². The standard InChI is InChI=1S/C15H31NO2/c1-12(2)7-9-18-14-6-5-8-15(10-14,11-17)16-13(3)4/h12-14,16-17H,5-11H2,1-4H3. The molecule has 1 aliphatic rings. The third-order valence-corrected chi connectivity index (χ3v) is 3.75. The van der Waals surface area contributed by atoms with Gasteiger partial charge in [-0.25, -0.2) is 0 Å². The van der Waals surface area contributed by atoms with Crippen molar-refractivity contribution in [1.82, 2.24) is 5.32 Å². The summed E-state index contributed by atoms with van der Waals surface area (Å²) >= 11 is 0. The molecule has 2 atom stereocenters. The van der Waals surface area contributed by atoms with Crippen LogP contribution in [0, 0.1) is 5.92 Å². The highest BCUT2D eigenvalue weighted by Gasteiger charge is 2.36. The van der Waals surface area contributed by atoms with E-state index in [1.54, 1.807) is 0 Å². The summed E-state index contributed by atoms with van der Waals surface area (Å²) in [6.45, 7) is 9.80. The molecule has 108 valence electrons. The Balaban J connectivity index is 2.42. The summed E-state index contributed by atoms with van der Waals surface area (Å²) in [5.41, 5.74) is -0.116. The largest absolute Gasteiger partial charge is 0.394 e. The monoisotopic (exact) mass is 257 g/mol. The topological polar surface area (TPSA) is 41.5 Å². The molecule has 0 aliphatic heterocycles. The SMILES string of the molecule is CC(C)CCOC1CCCC(CO)(NC(C)C)C1. The second-order valence-corrected chi connectivity index (χ2v) is 6.51. The fourth-order valence-electron chi connectivity index (χ4n) is 2.85. The minimum Gasteiger partial charge on any atom is -0.394 e. The molecule has 0 radical (unpaired) electrons. The molecule has 0 heterocycles. The van der Waals surface area contributed by atoms with E-state index in [1.165, 1.54) is 0 Å². The second kappa shape index (κ2) is 7.46. The maximum atomic E-state index is 9.70. The summed E-state index contributed by atoms with van der Waals surface area (Å²) in [6.07, 6.45) is 5.73. The Morgan fingerprint density at radius 2 is 2.06 bits per heavy atom. The first-order valence-electron chi connectivity index (χ1n) is 7.47. The van der Waals surface area contributed by atoms with Crippen molar-refractivity contribution in [1.29, 1.82) is 0 Å². The van der Waals surface area contributed by atoms with Crippen molar-refractivity contribution in [3.63, 3.8) is 0 Å². The number of aliphatic hydroxyl groups excluding tert-OH is 1. The summed E-state index contributed by atoms with van der Waals surface area (Å²) in [7, 11) is 0. The molecular formula is C15H31NO2. The minimum absolute atomic E-state index is 0.116. The van der Waals surface area contributed by atoms with Gasteiger partial charge in [-0.05, 0) is 38.0 Å². The highest BCUT2D eigenvalue weighted by atomic mass is 16.5. The van der Waals surface area contributed by atoms with E-state index >= 15 is 0 Å². The van der Waals surface area contributed by atoms with Crippen LogP contribution in [0.1, 0.15) is 59.8 Å². The van der Waals surface area contributed by atoms with Gasteiger partial charge in [-0.3, -0.25) is 0 Å². The predicted octanol–water partition coefficient (Wildman–Crippen LogP) is 2.72. The van der Waals surface area contributed by atoms with E-state index in [0.29, 0.717) is 18.1 Å². The van der Waals surface area contributed by atoms with Gasteiger partial charge < -0.3 is 15.2 Å². The lowest BCUT2D eigenvalue weighted by atomic mass is 9.80. The molecule has 0 aromatic carbocycles. The number of hydrogen-bond acceptors (Lipinski definition) is 3. The van der Waals surface area contributed by atoms with Gasteiger partial charge >= 0.3 is 0 Å². The van der Waals surface area contributed by atoms with E-state index in [4.69, 9.17) is 4.74 Å². The van der Waals surface area contributed by atoms with Crippen LogP contribution >= 0.6 is 0 Å². The fourth-order valence-corrected chi connectivity index (χ4v) is 2.85. The molecule has 2 unspecified atom stereocenters. The lowest BCUT2D eigenvalue weighted by molar-refractivity contribution is -0.0210.